The van der Waals surface area contributed by atoms with Crippen molar-refractivity contribution in [1.29, 1.82) is 0 Å². The molecule has 2 saturated heterocycles. The van der Waals surface area contributed by atoms with E-state index in [1.54, 1.807) is 0 Å². The number of aromatic amines is 1. The highest BCUT2D eigenvalue weighted by Crippen LogP contribution is 2.18. The van der Waals surface area contributed by atoms with E-state index in [0.29, 0.717) is 18.2 Å². The average Bonchev–Trinajstić information content (AvgIpc) is 3.31. The fourth-order valence-electron chi connectivity index (χ4n) is 4.44. The van der Waals surface area contributed by atoms with Crippen LogP contribution in [-0.2, 0) is 16.0 Å². The Labute approximate surface area is 195 Å². The predicted molar refractivity (Wildman–Crippen MR) is 131 cm³/mol. The van der Waals surface area contributed by atoms with Gasteiger partial charge in [-0.25, -0.2) is 0 Å². The number of aryl methyl sites for hydroxylation is 1. The van der Waals surface area contributed by atoms with Crippen LogP contribution in [-0.4, -0.2) is 78.5 Å². The third-order valence-corrected chi connectivity index (χ3v) is 6.69. The number of pyridine rings is 1. The number of morpholine rings is 1. The minimum atomic E-state index is -0.0562. The third-order valence-electron chi connectivity index (χ3n) is 6.29. The average molecular weight is 459 g/mol. The van der Waals surface area contributed by atoms with Crippen molar-refractivity contribution in [1.82, 2.24) is 20.1 Å². The van der Waals surface area contributed by atoms with E-state index in [-0.39, 0.29) is 11.7 Å². The molecule has 1 aromatic heterocycles. The lowest BCUT2D eigenvalue weighted by molar-refractivity contribution is 0.0375. The number of rotatable bonds is 8. The number of H-pyrrole nitrogens is 1. The maximum Gasteiger partial charge on any atom is 0.253 e. The molecule has 2 aromatic rings. The number of nitrogens with zero attached hydrogens (tertiary/aromatic N) is 2. The Bertz CT molecular complexity index is 967. The minimum Gasteiger partial charge on any atom is -0.379 e. The summed E-state index contributed by atoms with van der Waals surface area (Å²) in [7, 11) is 0. The van der Waals surface area contributed by atoms with Crippen molar-refractivity contribution in [3.8, 4) is 0 Å². The molecule has 2 aliphatic rings. The Kier molecular flexibility index (Phi) is 8.13. The van der Waals surface area contributed by atoms with E-state index in [2.05, 4.69) is 20.1 Å². The number of thiocarbonyl (C=S) groups is 1. The molecule has 8 heteroatoms. The van der Waals surface area contributed by atoms with Gasteiger partial charge in [0.15, 0.2) is 5.11 Å². The highest BCUT2D eigenvalue weighted by molar-refractivity contribution is 7.80. The normalized spacial score (nSPS) is 19.3. The SMILES string of the molecule is Cc1cccc2cc(CN(C[C@H]3CCCO3)C(=S)NCCCN3CCOCC3)c(=O)[nH]c12. The summed E-state index contributed by atoms with van der Waals surface area (Å²) in [5.74, 6) is 0. The number of aromatic nitrogens is 1. The molecule has 0 radical (unpaired) electrons. The minimum absolute atomic E-state index is 0.0562. The van der Waals surface area contributed by atoms with Crippen LogP contribution in [0, 0.1) is 6.92 Å². The van der Waals surface area contributed by atoms with Gasteiger partial charge in [0.05, 0.1) is 31.4 Å². The first-order valence-corrected chi connectivity index (χ1v) is 12.1. The van der Waals surface area contributed by atoms with Crippen molar-refractivity contribution in [2.75, 3.05) is 52.5 Å². The molecular formula is C24H34N4O3S. The van der Waals surface area contributed by atoms with E-state index >= 15 is 0 Å². The van der Waals surface area contributed by atoms with Gasteiger partial charge in [-0.1, -0.05) is 18.2 Å². The molecule has 0 unspecified atom stereocenters. The summed E-state index contributed by atoms with van der Waals surface area (Å²) >= 11 is 5.75. The Morgan fingerprint density at radius 2 is 2.16 bits per heavy atom. The molecule has 32 heavy (non-hydrogen) atoms. The van der Waals surface area contributed by atoms with Gasteiger partial charge in [-0.2, -0.15) is 0 Å². The second-order valence-corrected chi connectivity index (χ2v) is 9.10. The monoisotopic (exact) mass is 458 g/mol. The van der Waals surface area contributed by atoms with Gasteiger partial charge in [0.25, 0.3) is 5.56 Å². The maximum atomic E-state index is 12.8. The van der Waals surface area contributed by atoms with Gasteiger partial charge < -0.3 is 24.7 Å². The molecule has 0 aliphatic carbocycles. The van der Waals surface area contributed by atoms with Crippen LogP contribution in [0.3, 0.4) is 0 Å². The van der Waals surface area contributed by atoms with Gasteiger partial charge in [-0.05, 0) is 62.0 Å². The Balaban J connectivity index is 1.40. The first-order valence-electron chi connectivity index (χ1n) is 11.7. The predicted octanol–water partition coefficient (Wildman–Crippen LogP) is 2.41. The zero-order valence-electron chi connectivity index (χ0n) is 18.9. The number of para-hydroxylation sites is 1. The van der Waals surface area contributed by atoms with Crippen LogP contribution >= 0.6 is 12.2 Å². The maximum absolute atomic E-state index is 12.8. The van der Waals surface area contributed by atoms with Gasteiger partial charge in [0, 0.05) is 38.3 Å². The van der Waals surface area contributed by atoms with E-state index in [1.807, 2.05) is 31.2 Å². The van der Waals surface area contributed by atoms with Gasteiger partial charge >= 0.3 is 0 Å². The van der Waals surface area contributed by atoms with Crippen molar-refractivity contribution >= 4 is 28.2 Å². The molecule has 2 aliphatic heterocycles. The van der Waals surface area contributed by atoms with Gasteiger partial charge in [0.2, 0.25) is 0 Å². The van der Waals surface area contributed by atoms with Crippen molar-refractivity contribution in [2.45, 2.75) is 38.8 Å². The molecule has 0 amide bonds. The van der Waals surface area contributed by atoms with Gasteiger partial charge in [0.1, 0.15) is 0 Å². The quantitative estimate of drug-likeness (QED) is 0.465. The summed E-state index contributed by atoms with van der Waals surface area (Å²) in [6.45, 7) is 9.46. The summed E-state index contributed by atoms with van der Waals surface area (Å²) in [5.41, 5.74) is 2.63. The Hall–Kier alpha value is -2.00. The van der Waals surface area contributed by atoms with Crippen LogP contribution in [0.1, 0.15) is 30.4 Å². The van der Waals surface area contributed by atoms with Crippen LogP contribution in [0.25, 0.3) is 10.9 Å². The second-order valence-electron chi connectivity index (χ2n) is 8.72. The highest BCUT2D eigenvalue weighted by Gasteiger charge is 2.22. The standard InChI is InChI=1S/C24H34N4O3S/c1-18-5-2-6-19-15-20(23(29)26-22(18)19)16-28(17-21-7-3-12-31-21)24(32)25-8-4-9-27-10-13-30-14-11-27/h2,5-6,15,21H,3-4,7-14,16-17H2,1H3,(H,25,32)(H,26,29)/t21-/m1/s1. The highest BCUT2D eigenvalue weighted by atomic mass is 32.1. The molecule has 2 N–H and O–H groups in total. The van der Waals surface area contributed by atoms with E-state index in [1.165, 1.54) is 0 Å². The van der Waals surface area contributed by atoms with Crippen LogP contribution < -0.4 is 10.9 Å². The molecule has 7 nitrogen and oxygen atoms in total. The summed E-state index contributed by atoms with van der Waals surface area (Å²) in [5, 5.41) is 5.14. The van der Waals surface area contributed by atoms with Crippen molar-refractivity contribution in [3.63, 3.8) is 0 Å². The number of hydrogen-bond donors (Lipinski definition) is 2. The number of fused-ring (bicyclic) bond motifs is 1. The molecular weight excluding hydrogens is 424 g/mol. The zero-order chi connectivity index (χ0) is 22.3. The molecule has 0 saturated carbocycles. The van der Waals surface area contributed by atoms with Crippen molar-refractivity contribution in [2.24, 2.45) is 0 Å². The van der Waals surface area contributed by atoms with Gasteiger partial charge in [-0.3, -0.25) is 9.69 Å². The number of nitrogens with one attached hydrogen (secondary N) is 2. The summed E-state index contributed by atoms with van der Waals surface area (Å²) in [4.78, 5) is 20.4. The summed E-state index contributed by atoms with van der Waals surface area (Å²) < 4.78 is 11.3. The van der Waals surface area contributed by atoms with Crippen LogP contribution in [0.2, 0.25) is 0 Å². The molecule has 3 heterocycles. The lowest BCUT2D eigenvalue weighted by Gasteiger charge is -2.29. The summed E-state index contributed by atoms with van der Waals surface area (Å²) in [6, 6.07) is 8.06. The zero-order valence-corrected chi connectivity index (χ0v) is 19.7. The van der Waals surface area contributed by atoms with E-state index in [9.17, 15) is 4.79 Å². The van der Waals surface area contributed by atoms with Crippen LogP contribution in [0.5, 0.6) is 0 Å². The molecule has 0 spiro atoms. The second kappa shape index (κ2) is 11.2. The summed E-state index contributed by atoms with van der Waals surface area (Å²) in [6.07, 6.45) is 3.28. The first kappa shape index (κ1) is 23.2. The van der Waals surface area contributed by atoms with Gasteiger partial charge in [-0.15, -0.1) is 0 Å². The number of benzene rings is 1. The van der Waals surface area contributed by atoms with Crippen molar-refractivity contribution < 1.29 is 9.47 Å². The van der Waals surface area contributed by atoms with Crippen LogP contribution in [0.4, 0.5) is 0 Å². The lowest BCUT2D eigenvalue weighted by Crippen LogP contribution is -2.45. The number of ether oxygens (including phenoxy) is 2. The molecule has 1 atom stereocenters. The Morgan fingerprint density at radius 1 is 1.31 bits per heavy atom. The largest absolute Gasteiger partial charge is 0.379 e. The molecule has 0 bridgehead atoms. The number of hydrogen-bond acceptors (Lipinski definition) is 5. The van der Waals surface area contributed by atoms with E-state index in [0.717, 1.165) is 87.3 Å². The fourth-order valence-corrected chi connectivity index (χ4v) is 4.68. The van der Waals surface area contributed by atoms with Crippen LogP contribution in [0.15, 0.2) is 29.1 Å². The molecule has 174 valence electrons. The fraction of sp³-hybridized carbons (Fsp3) is 0.583. The van der Waals surface area contributed by atoms with E-state index < -0.39 is 0 Å². The lowest BCUT2D eigenvalue weighted by atomic mass is 10.1. The molecule has 2 fully saturated rings. The first-order chi connectivity index (χ1) is 15.6. The molecule has 4 rings (SSSR count). The molecule has 1 aromatic carbocycles. The topological polar surface area (TPSA) is 69.8 Å². The smallest absolute Gasteiger partial charge is 0.253 e. The third kappa shape index (κ3) is 6.07. The van der Waals surface area contributed by atoms with E-state index in [4.69, 9.17) is 21.7 Å². The van der Waals surface area contributed by atoms with Crippen molar-refractivity contribution in [3.05, 3.63) is 45.7 Å². The Morgan fingerprint density at radius 3 is 2.94 bits per heavy atom.